The molecule has 3 heterocycles. The molecule has 2 aromatic rings. The highest BCUT2D eigenvalue weighted by Gasteiger charge is 2.36. The van der Waals surface area contributed by atoms with E-state index in [-0.39, 0.29) is 5.91 Å². The summed E-state index contributed by atoms with van der Waals surface area (Å²) < 4.78 is 5.23. The summed E-state index contributed by atoms with van der Waals surface area (Å²) >= 11 is 1.29. The maximum absolute atomic E-state index is 12.3. The van der Waals surface area contributed by atoms with Crippen LogP contribution in [0.25, 0.3) is 11.3 Å². The number of rotatable bonds is 4. The summed E-state index contributed by atoms with van der Waals surface area (Å²) in [6.45, 7) is 0.957. The third kappa shape index (κ3) is 3.26. The Labute approximate surface area is 136 Å². The van der Waals surface area contributed by atoms with Crippen molar-refractivity contribution in [2.24, 2.45) is 11.5 Å². The van der Waals surface area contributed by atoms with Crippen LogP contribution in [0.15, 0.2) is 17.6 Å². The number of amides is 2. The lowest BCUT2D eigenvalue weighted by Crippen LogP contribution is -2.54. The average Bonchev–Trinajstić information content (AvgIpc) is 3.16. The monoisotopic (exact) mass is 335 g/mol. The van der Waals surface area contributed by atoms with Crippen LogP contribution < -0.4 is 16.8 Å². The Morgan fingerprint density at radius 2 is 2.13 bits per heavy atom. The Morgan fingerprint density at radius 1 is 1.39 bits per heavy atom. The van der Waals surface area contributed by atoms with Crippen molar-refractivity contribution >= 4 is 28.3 Å². The van der Waals surface area contributed by atoms with Crippen molar-refractivity contribution < 1.29 is 14.3 Å². The molecule has 6 N–H and O–H groups in total. The minimum Gasteiger partial charge on any atom is -0.381 e. The van der Waals surface area contributed by atoms with E-state index in [1.54, 1.807) is 17.6 Å². The molecule has 1 aliphatic rings. The van der Waals surface area contributed by atoms with Gasteiger partial charge in [0, 0.05) is 30.4 Å². The van der Waals surface area contributed by atoms with Crippen molar-refractivity contribution in [3.8, 4) is 11.3 Å². The molecule has 1 saturated heterocycles. The number of carbonyl (C=O) groups excluding carboxylic acids is 2. The molecular weight excluding hydrogens is 318 g/mol. The highest BCUT2D eigenvalue weighted by molar-refractivity contribution is 7.14. The number of aromatic nitrogens is 2. The second kappa shape index (κ2) is 6.11. The van der Waals surface area contributed by atoms with Gasteiger partial charge in [0.05, 0.1) is 5.69 Å². The number of primary amides is 1. The summed E-state index contributed by atoms with van der Waals surface area (Å²) in [6, 6.07) is 1.62. The standard InChI is InChI=1S/C14H17N5O3S/c15-11(20)9-5-8(6-17-9)10-7-23-13(18-10)19-12(21)14(16)1-3-22-4-2-14/h5-7,17H,1-4,16H2,(H2,15,20)(H,18,19,21). The molecule has 2 amide bonds. The van der Waals surface area contributed by atoms with E-state index in [9.17, 15) is 9.59 Å². The van der Waals surface area contributed by atoms with Gasteiger partial charge >= 0.3 is 0 Å². The molecule has 9 heteroatoms. The lowest BCUT2D eigenvalue weighted by Gasteiger charge is -2.31. The molecule has 23 heavy (non-hydrogen) atoms. The van der Waals surface area contributed by atoms with E-state index in [1.807, 2.05) is 0 Å². The van der Waals surface area contributed by atoms with Gasteiger partial charge in [0.2, 0.25) is 5.91 Å². The summed E-state index contributed by atoms with van der Waals surface area (Å²) in [5, 5.41) is 5.01. The van der Waals surface area contributed by atoms with Crippen molar-refractivity contribution in [3.63, 3.8) is 0 Å². The number of thiazole rings is 1. The van der Waals surface area contributed by atoms with Crippen molar-refractivity contribution in [1.82, 2.24) is 9.97 Å². The van der Waals surface area contributed by atoms with Crippen LogP contribution in [0.1, 0.15) is 23.3 Å². The minimum atomic E-state index is -0.919. The van der Waals surface area contributed by atoms with Crippen molar-refractivity contribution in [3.05, 3.63) is 23.3 Å². The van der Waals surface area contributed by atoms with Gasteiger partial charge in [0.1, 0.15) is 11.2 Å². The third-order valence-electron chi connectivity index (χ3n) is 3.81. The van der Waals surface area contributed by atoms with Gasteiger partial charge in [-0.15, -0.1) is 11.3 Å². The van der Waals surface area contributed by atoms with E-state index in [1.165, 1.54) is 11.3 Å². The fourth-order valence-electron chi connectivity index (χ4n) is 2.33. The number of nitrogens with two attached hydrogens (primary N) is 2. The Balaban J connectivity index is 1.71. The predicted octanol–water partition coefficient (Wildman–Crippen LogP) is 0.683. The molecule has 0 unspecified atom stereocenters. The van der Waals surface area contributed by atoms with Gasteiger partial charge in [-0.2, -0.15) is 0 Å². The zero-order valence-corrected chi connectivity index (χ0v) is 13.1. The lowest BCUT2D eigenvalue weighted by molar-refractivity contribution is -0.124. The Hall–Kier alpha value is -2.23. The molecule has 122 valence electrons. The molecule has 0 spiro atoms. The number of anilines is 1. The smallest absolute Gasteiger partial charge is 0.265 e. The average molecular weight is 335 g/mol. The van der Waals surface area contributed by atoms with Crippen LogP contribution in [0.5, 0.6) is 0 Å². The largest absolute Gasteiger partial charge is 0.381 e. The van der Waals surface area contributed by atoms with Crippen LogP contribution in [-0.2, 0) is 9.53 Å². The number of nitrogens with one attached hydrogen (secondary N) is 2. The van der Waals surface area contributed by atoms with Crippen LogP contribution in [0, 0.1) is 0 Å². The number of aromatic amines is 1. The van der Waals surface area contributed by atoms with Crippen molar-refractivity contribution in [2.45, 2.75) is 18.4 Å². The molecule has 1 aliphatic heterocycles. The second-order valence-electron chi connectivity index (χ2n) is 5.43. The Morgan fingerprint density at radius 3 is 2.78 bits per heavy atom. The van der Waals surface area contributed by atoms with Gasteiger partial charge in [-0.3, -0.25) is 9.59 Å². The number of ether oxygens (including phenoxy) is 1. The summed E-state index contributed by atoms with van der Waals surface area (Å²) in [5.74, 6) is -0.793. The first-order valence-electron chi connectivity index (χ1n) is 7.10. The summed E-state index contributed by atoms with van der Waals surface area (Å²) in [7, 11) is 0. The maximum Gasteiger partial charge on any atom is 0.265 e. The summed E-state index contributed by atoms with van der Waals surface area (Å²) in [6.07, 6.45) is 2.61. The van der Waals surface area contributed by atoms with Gasteiger partial charge in [0.25, 0.3) is 5.91 Å². The lowest BCUT2D eigenvalue weighted by atomic mass is 9.90. The van der Waals surface area contributed by atoms with E-state index >= 15 is 0 Å². The number of H-pyrrole nitrogens is 1. The molecule has 0 aliphatic carbocycles. The predicted molar refractivity (Wildman–Crippen MR) is 86.0 cm³/mol. The zero-order valence-electron chi connectivity index (χ0n) is 12.3. The molecule has 3 rings (SSSR count). The molecule has 0 aromatic carbocycles. The normalized spacial score (nSPS) is 16.9. The van der Waals surface area contributed by atoms with Crippen LogP contribution in [0.2, 0.25) is 0 Å². The second-order valence-corrected chi connectivity index (χ2v) is 6.28. The van der Waals surface area contributed by atoms with Gasteiger partial charge in [-0.05, 0) is 18.9 Å². The van der Waals surface area contributed by atoms with Gasteiger partial charge in [0.15, 0.2) is 5.13 Å². The number of nitrogens with zero attached hydrogens (tertiary/aromatic N) is 1. The molecule has 8 nitrogen and oxygen atoms in total. The first kappa shape index (κ1) is 15.7. The van der Waals surface area contributed by atoms with E-state index in [2.05, 4.69) is 15.3 Å². The highest BCUT2D eigenvalue weighted by atomic mass is 32.1. The topological polar surface area (TPSA) is 136 Å². The van der Waals surface area contributed by atoms with E-state index in [0.717, 1.165) is 5.56 Å². The molecule has 0 radical (unpaired) electrons. The number of hydrogen-bond donors (Lipinski definition) is 4. The summed E-state index contributed by atoms with van der Waals surface area (Å²) in [5.41, 5.74) is 12.1. The SMILES string of the molecule is NC(=O)c1cc(-c2csc(NC(=O)C3(N)CCOCC3)n2)c[nH]1. The summed E-state index contributed by atoms with van der Waals surface area (Å²) in [4.78, 5) is 30.6. The molecule has 0 bridgehead atoms. The molecule has 2 aromatic heterocycles. The quantitative estimate of drug-likeness (QED) is 0.651. The van der Waals surface area contributed by atoms with Gasteiger partial charge in [-0.25, -0.2) is 4.98 Å². The fourth-order valence-corrected chi connectivity index (χ4v) is 3.05. The highest BCUT2D eigenvalue weighted by Crippen LogP contribution is 2.27. The van der Waals surface area contributed by atoms with Crippen LogP contribution in [0.3, 0.4) is 0 Å². The van der Waals surface area contributed by atoms with Crippen LogP contribution >= 0.6 is 11.3 Å². The van der Waals surface area contributed by atoms with E-state index in [4.69, 9.17) is 16.2 Å². The molecule has 0 saturated carbocycles. The molecular formula is C14H17N5O3S. The van der Waals surface area contributed by atoms with E-state index < -0.39 is 11.4 Å². The number of carbonyl (C=O) groups is 2. The zero-order chi connectivity index (χ0) is 16.4. The Kier molecular flexibility index (Phi) is 4.16. The first-order valence-corrected chi connectivity index (χ1v) is 7.98. The third-order valence-corrected chi connectivity index (χ3v) is 4.56. The Bertz CT molecular complexity index is 732. The van der Waals surface area contributed by atoms with Crippen LogP contribution in [-0.4, -0.2) is 40.5 Å². The molecule has 0 atom stereocenters. The van der Waals surface area contributed by atoms with Crippen molar-refractivity contribution in [2.75, 3.05) is 18.5 Å². The maximum atomic E-state index is 12.3. The van der Waals surface area contributed by atoms with E-state index in [0.29, 0.717) is 42.6 Å². The van der Waals surface area contributed by atoms with Gasteiger partial charge < -0.3 is 26.5 Å². The number of hydrogen-bond acceptors (Lipinski definition) is 6. The fraction of sp³-hybridized carbons (Fsp3) is 0.357. The molecule has 1 fully saturated rings. The van der Waals surface area contributed by atoms with Crippen molar-refractivity contribution in [1.29, 1.82) is 0 Å². The minimum absolute atomic E-state index is 0.256. The van der Waals surface area contributed by atoms with Crippen LogP contribution in [0.4, 0.5) is 5.13 Å². The first-order chi connectivity index (χ1) is 11.0. The van der Waals surface area contributed by atoms with Gasteiger partial charge in [-0.1, -0.05) is 0 Å².